The van der Waals surface area contributed by atoms with E-state index in [1.54, 1.807) is 13.3 Å². The molecule has 0 atom stereocenters. The van der Waals surface area contributed by atoms with Crippen molar-refractivity contribution in [3.63, 3.8) is 0 Å². The minimum absolute atomic E-state index is 0.0621. The van der Waals surface area contributed by atoms with Gasteiger partial charge in [-0.15, -0.1) is 0 Å². The summed E-state index contributed by atoms with van der Waals surface area (Å²) >= 11 is 0. The van der Waals surface area contributed by atoms with Gasteiger partial charge in [0.05, 0.1) is 30.5 Å². The molecule has 0 fully saturated rings. The predicted octanol–water partition coefficient (Wildman–Crippen LogP) is 4.28. The molecule has 1 N–H and O–H groups in total. The van der Waals surface area contributed by atoms with E-state index in [4.69, 9.17) is 9.26 Å². The minimum Gasteiger partial charge on any atom is -0.496 e. The molecule has 0 bridgehead atoms. The Morgan fingerprint density at radius 3 is 2.59 bits per heavy atom. The molecule has 0 saturated heterocycles. The second kappa shape index (κ2) is 9.43. The van der Waals surface area contributed by atoms with Crippen LogP contribution in [0, 0.1) is 13.8 Å². The third kappa shape index (κ3) is 4.83. The van der Waals surface area contributed by atoms with Gasteiger partial charge >= 0.3 is 0 Å². The molecular weight excluding hydrogens is 404 g/mol. The lowest BCUT2D eigenvalue weighted by Gasteiger charge is -2.10. The van der Waals surface area contributed by atoms with Gasteiger partial charge in [0.2, 0.25) is 5.91 Å². The highest BCUT2D eigenvalue weighted by molar-refractivity contribution is 5.80. The Bertz CT molecular complexity index is 1230. The summed E-state index contributed by atoms with van der Waals surface area (Å²) in [5.41, 5.74) is 5.14. The van der Waals surface area contributed by atoms with Crippen LogP contribution < -0.4 is 10.1 Å². The quantitative estimate of drug-likeness (QED) is 0.472. The number of hydrogen-bond acceptors (Lipinski definition) is 6. The molecule has 0 aliphatic rings. The minimum atomic E-state index is -0.0621. The molecule has 2 aromatic carbocycles. The Morgan fingerprint density at radius 1 is 1.09 bits per heavy atom. The van der Waals surface area contributed by atoms with Gasteiger partial charge < -0.3 is 14.6 Å². The number of methoxy groups -OCH3 is 1. The number of amides is 1. The molecule has 7 nitrogen and oxygen atoms in total. The summed E-state index contributed by atoms with van der Waals surface area (Å²) in [5.74, 6) is 1.95. The Morgan fingerprint density at radius 2 is 1.88 bits per heavy atom. The monoisotopic (exact) mass is 428 g/mol. The second-order valence-electron chi connectivity index (χ2n) is 7.47. The van der Waals surface area contributed by atoms with E-state index >= 15 is 0 Å². The van der Waals surface area contributed by atoms with Gasteiger partial charge in [0.25, 0.3) is 0 Å². The van der Waals surface area contributed by atoms with Crippen molar-refractivity contribution in [2.75, 3.05) is 7.11 Å². The topological polar surface area (TPSA) is 90.1 Å². The summed E-state index contributed by atoms with van der Waals surface area (Å²) in [6, 6.07) is 17.3. The number of rotatable bonds is 7. The lowest BCUT2D eigenvalue weighted by molar-refractivity contribution is -0.120. The zero-order chi connectivity index (χ0) is 22.5. The number of carbonyl (C=O) groups is 1. The SMILES string of the molecule is COc1ccccc1CC(=O)NCc1ccc(-c2nc(C)ncc2-c2cc(C)no2)cc1. The lowest BCUT2D eigenvalue weighted by atomic mass is 10.0. The maximum atomic E-state index is 12.4. The first kappa shape index (κ1) is 21.2. The highest BCUT2D eigenvalue weighted by atomic mass is 16.5. The fourth-order valence-corrected chi connectivity index (χ4v) is 3.43. The predicted molar refractivity (Wildman–Crippen MR) is 121 cm³/mol. The molecule has 1 amide bonds. The van der Waals surface area contributed by atoms with Crippen LogP contribution in [0.3, 0.4) is 0 Å². The molecular formula is C25H24N4O3. The van der Waals surface area contributed by atoms with Crippen molar-refractivity contribution >= 4 is 5.91 Å². The van der Waals surface area contributed by atoms with Gasteiger partial charge in [-0.3, -0.25) is 4.79 Å². The van der Waals surface area contributed by atoms with E-state index in [-0.39, 0.29) is 12.3 Å². The average Bonchev–Trinajstić information content (AvgIpc) is 3.24. The van der Waals surface area contributed by atoms with Crippen molar-refractivity contribution in [3.8, 4) is 28.3 Å². The van der Waals surface area contributed by atoms with Crippen molar-refractivity contribution in [2.45, 2.75) is 26.8 Å². The summed E-state index contributed by atoms with van der Waals surface area (Å²) in [6.45, 7) is 4.16. The third-order valence-electron chi connectivity index (χ3n) is 5.06. The maximum absolute atomic E-state index is 12.4. The van der Waals surface area contributed by atoms with Gasteiger partial charge in [-0.05, 0) is 25.5 Å². The van der Waals surface area contributed by atoms with Crippen molar-refractivity contribution in [2.24, 2.45) is 0 Å². The van der Waals surface area contributed by atoms with Crippen LogP contribution in [-0.4, -0.2) is 28.1 Å². The summed E-state index contributed by atoms with van der Waals surface area (Å²) in [7, 11) is 1.60. The molecule has 0 aliphatic heterocycles. The van der Waals surface area contributed by atoms with Gasteiger partial charge in [0.15, 0.2) is 5.76 Å². The Kier molecular flexibility index (Phi) is 6.26. The number of aromatic nitrogens is 3. The molecule has 0 radical (unpaired) electrons. The van der Waals surface area contributed by atoms with Crippen LogP contribution in [0.1, 0.15) is 22.6 Å². The highest BCUT2D eigenvalue weighted by Gasteiger charge is 2.15. The first-order valence-electron chi connectivity index (χ1n) is 10.3. The first-order chi connectivity index (χ1) is 15.5. The zero-order valence-corrected chi connectivity index (χ0v) is 18.3. The molecule has 7 heteroatoms. The van der Waals surface area contributed by atoms with E-state index < -0.39 is 0 Å². The van der Waals surface area contributed by atoms with Crippen LogP contribution in [0.4, 0.5) is 0 Å². The maximum Gasteiger partial charge on any atom is 0.224 e. The number of nitrogens with zero attached hydrogens (tertiary/aromatic N) is 3. The van der Waals surface area contributed by atoms with Crippen molar-refractivity contribution < 1.29 is 14.1 Å². The summed E-state index contributed by atoms with van der Waals surface area (Å²) < 4.78 is 10.7. The third-order valence-corrected chi connectivity index (χ3v) is 5.06. The Labute approximate surface area is 186 Å². The molecule has 0 spiro atoms. The summed E-state index contributed by atoms with van der Waals surface area (Å²) in [6.07, 6.45) is 2.02. The highest BCUT2D eigenvalue weighted by Crippen LogP contribution is 2.30. The molecule has 4 rings (SSSR count). The van der Waals surface area contributed by atoms with Crippen LogP contribution in [0.25, 0.3) is 22.6 Å². The van der Waals surface area contributed by atoms with E-state index in [1.165, 1.54) is 0 Å². The summed E-state index contributed by atoms with van der Waals surface area (Å²) in [5, 5.41) is 6.93. The first-order valence-corrected chi connectivity index (χ1v) is 10.3. The van der Waals surface area contributed by atoms with Crippen LogP contribution in [0.2, 0.25) is 0 Å². The van der Waals surface area contributed by atoms with E-state index in [0.29, 0.717) is 23.9 Å². The van der Waals surface area contributed by atoms with Gasteiger partial charge in [0.1, 0.15) is 11.6 Å². The fourth-order valence-electron chi connectivity index (χ4n) is 3.43. The van der Waals surface area contributed by atoms with Crippen LogP contribution in [0.5, 0.6) is 5.75 Å². The number of ether oxygens (including phenoxy) is 1. The van der Waals surface area contributed by atoms with Gasteiger partial charge in [0, 0.05) is 29.9 Å². The van der Waals surface area contributed by atoms with E-state index in [0.717, 1.165) is 33.6 Å². The largest absolute Gasteiger partial charge is 0.496 e. The lowest BCUT2D eigenvalue weighted by Crippen LogP contribution is -2.24. The second-order valence-corrected chi connectivity index (χ2v) is 7.47. The smallest absolute Gasteiger partial charge is 0.224 e. The van der Waals surface area contributed by atoms with Crippen LogP contribution in [-0.2, 0) is 17.8 Å². The average molecular weight is 428 g/mol. The van der Waals surface area contributed by atoms with Crippen molar-refractivity contribution in [3.05, 3.63) is 83.4 Å². The Hall–Kier alpha value is -4.00. The molecule has 0 aliphatic carbocycles. The van der Waals surface area contributed by atoms with Crippen LogP contribution in [0.15, 0.2) is 65.3 Å². The summed E-state index contributed by atoms with van der Waals surface area (Å²) in [4.78, 5) is 21.3. The Balaban J connectivity index is 1.46. The molecule has 2 heterocycles. The normalized spacial score (nSPS) is 10.7. The number of nitrogens with one attached hydrogen (secondary N) is 1. The van der Waals surface area contributed by atoms with Crippen LogP contribution >= 0.6 is 0 Å². The van der Waals surface area contributed by atoms with Gasteiger partial charge in [-0.25, -0.2) is 9.97 Å². The number of aryl methyl sites for hydroxylation is 2. The molecule has 0 saturated carbocycles. The number of carbonyl (C=O) groups excluding carboxylic acids is 1. The van der Waals surface area contributed by atoms with Gasteiger partial charge in [-0.1, -0.05) is 47.6 Å². The number of hydrogen-bond donors (Lipinski definition) is 1. The van der Waals surface area contributed by atoms with Crippen molar-refractivity contribution in [1.29, 1.82) is 0 Å². The fraction of sp³-hybridized carbons (Fsp3) is 0.200. The standard InChI is InChI=1S/C25H24N4O3/c1-16-12-23(32-29-16)21-15-26-17(2)28-25(21)19-10-8-18(9-11-19)14-27-24(30)13-20-6-4-5-7-22(20)31-3/h4-12,15H,13-14H2,1-3H3,(H,27,30). The van der Waals surface area contributed by atoms with Gasteiger partial charge in [-0.2, -0.15) is 0 Å². The van der Waals surface area contributed by atoms with E-state index in [1.807, 2.05) is 68.4 Å². The van der Waals surface area contributed by atoms with E-state index in [2.05, 4.69) is 20.4 Å². The molecule has 0 unspecified atom stereocenters. The molecule has 162 valence electrons. The number of para-hydroxylation sites is 1. The molecule has 4 aromatic rings. The molecule has 2 aromatic heterocycles. The molecule has 32 heavy (non-hydrogen) atoms. The van der Waals surface area contributed by atoms with Crippen molar-refractivity contribution in [1.82, 2.24) is 20.4 Å². The number of benzene rings is 2. The zero-order valence-electron chi connectivity index (χ0n) is 18.3. The van der Waals surface area contributed by atoms with E-state index in [9.17, 15) is 4.79 Å².